The van der Waals surface area contributed by atoms with Crippen LogP contribution in [0.15, 0.2) is 30.6 Å². The third-order valence-corrected chi connectivity index (χ3v) is 3.22. The highest BCUT2D eigenvalue weighted by Gasteiger charge is 2.21. The molecule has 0 aliphatic carbocycles. The zero-order valence-corrected chi connectivity index (χ0v) is 10.1. The predicted molar refractivity (Wildman–Crippen MR) is 70.5 cm³/mol. The Labute approximate surface area is 106 Å². The van der Waals surface area contributed by atoms with Gasteiger partial charge < -0.3 is 15.4 Å². The van der Waals surface area contributed by atoms with Crippen molar-refractivity contribution in [3.63, 3.8) is 0 Å². The smallest absolute Gasteiger partial charge is 0.140 e. The summed E-state index contributed by atoms with van der Waals surface area (Å²) in [5, 5.41) is 1.08. The summed E-state index contributed by atoms with van der Waals surface area (Å²) in [7, 11) is 0. The molecule has 3 rings (SSSR count). The Morgan fingerprint density at radius 1 is 1.33 bits per heavy atom. The summed E-state index contributed by atoms with van der Waals surface area (Å²) < 4.78 is 5.58. The van der Waals surface area contributed by atoms with Gasteiger partial charge in [-0.2, -0.15) is 0 Å². The summed E-state index contributed by atoms with van der Waals surface area (Å²) in [4.78, 5) is 10.9. The van der Waals surface area contributed by atoms with Crippen LogP contribution in [0.25, 0.3) is 10.9 Å². The first-order valence-electron chi connectivity index (χ1n) is 6.15. The van der Waals surface area contributed by atoms with Crippen LogP contribution in [0.5, 0.6) is 0 Å². The number of ether oxygens (including phenoxy) is 1. The number of para-hydroxylation sites is 1. The van der Waals surface area contributed by atoms with Crippen molar-refractivity contribution in [1.29, 1.82) is 0 Å². The van der Waals surface area contributed by atoms with E-state index in [2.05, 4.69) is 20.9 Å². The molecule has 1 saturated heterocycles. The van der Waals surface area contributed by atoms with Gasteiger partial charge in [-0.05, 0) is 12.1 Å². The van der Waals surface area contributed by atoms with Crippen LogP contribution in [-0.4, -0.2) is 42.3 Å². The lowest BCUT2D eigenvalue weighted by Crippen LogP contribution is -2.46. The van der Waals surface area contributed by atoms with E-state index in [9.17, 15) is 0 Å². The van der Waals surface area contributed by atoms with Gasteiger partial charge in [0.05, 0.1) is 18.2 Å². The van der Waals surface area contributed by atoms with Gasteiger partial charge in [-0.15, -0.1) is 0 Å². The van der Waals surface area contributed by atoms with Crippen LogP contribution >= 0.6 is 0 Å². The van der Waals surface area contributed by atoms with E-state index in [0.29, 0.717) is 13.2 Å². The van der Waals surface area contributed by atoms with Gasteiger partial charge >= 0.3 is 0 Å². The van der Waals surface area contributed by atoms with E-state index in [1.54, 1.807) is 6.33 Å². The third-order valence-electron chi connectivity index (χ3n) is 3.22. The molecule has 2 N–H and O–H groups in total. The van der Waals surface area contributed by atoms with Crippen LogP contribution in [-0.2, 0) is 4.74 Å². The first-order valence-corrected chi connectivity index (χ1v) is 6.15. The number of nitrogens with zero attached hydrogens (tertiary/aromatic N) is 3. The quantitative estimate of drug-likeness (QED) is 0.846. The minimum absolute atomic E-state index is 0.0903. The summed E-state index contributed by atoms with van der Waals surface area (Å²) in [6, 6.07) is 8.05. The standard InChI is InChI=1S/C13H16N4O/c14-7-10-8-17(5-6-18-10)13-11-3-1-2-4-12(11)15-9-16-13/h1-4,9-10H,5-8,14H2. The second-order valence-corrected chi connectivity index (χ2v) is 4.39. The van der Waals surface area contributed by atoms with Crippen LogP contribution in [0.1, 0.15) is 0 Å². The Bertz CT molecular complexity index is 540. The van der Waals surface area contributed by atoms with Crippen LogP contribution in [0.3, 0.4) is 0 Å². The molecule has 1 aliphatic heterocycles. The molecule has 18 heavy (non-hydrogen) atoms. The van der Waals surface area contributed by atoms with Crippen LogP contribution in [0.4, 0.5) is 5.82 Å². The topological polar surface area (TPSA) is 64.3 Å². The number of hydrogen-bond donors (Lipinski definition) is 1. The average Bonchev–Trinajstić information content (AvgIpc) is 2.47. The van der Waals surface area contributed by atoms with E-state index in [1.807, 2.05) is 18.2 Å². The predicted octanol–water partition coefficient (Wildman–Crippen LogP) is 0.794. The molecule has 1 unspecified atom stereocenters. The monoisotopic (exact) mass is 244 g/mol. The van der Waals surface area contributed by atoms with Crippen molar-refractivity contribution in [2.45, 2.75) is 6.10 Å². The highest BCUT2D eigenvalue weighted by molar-refractivity contribution is 5.89. The lowest BCUT2D eigenvalue weighted by Gasteiger charge is -2.33. The summed E-state index contributed by atoms with van der Waals surface area (Å²) in [6.07, 6.45) is 1.71. The number of anilines is 1. The van der Waals surface area contributed by atoms with Gasteiger partial charge in [0.15, 0.2) is 0 Å². The van der Waals surface area contributed by atoms with Crippen molar-refractivity contribution in [2.75, 3.05) is 31.1 Å². The summed E-state index contributed by atoms with van der Waals surface area (Å²) in [5.41, 5.74) is 6.64. The molecule has 5 heteroatoms. The average molecular weight is 244 g/mol. The van der Waals surface area contributed by atoms with Crippen LogP contribution in [0.2, 0.25) is 0 Å². The van der Waals surface area contributed by atoms with Crippen molar-refractivity contribution < 1.29 is 4.74 Å². The first kappa shape index (κ1) is 11.4. The van der Waals surface area contributed by atoms with Gasteiger partial charge in [0, 0.05) is 25.0 Å². The maximum atomic E-state index is 5.67. The Morgan fingerprint density at radius 3 is 3.11 bits per heavy atom. The SMILES string of the molecule is NCC1CN(c2ncnc3ccccc23)CCO1. The minimum Gasteiger partial charge on any atom is -0.373 e. The summed E-state index contributed by atoms with van der Waals surface area (Å²) >= 11 is 0. The number of nitrogens with two attached hydrogens (primary N) is 1. The molecule has 1 atom stereocenters. The molecule has 5 nitrogen and oxygen atoms in total. The number of hydrogen-bond acceptors (Lipinski definition) is 5. The Kier molecular flexibility index (Phi) is 3.08. The molecule has 0 radical (unpaired) electrons. The summed E-state index contributed by atoms with van der Waals surface area (Å²) in [6.45, 7) is 2.87. The van der Waals surface area contributed by atoms with E-state index in [4.69, 9.17) is 10.5 Å². The largest absolute Gasteiger partial charge is 0.373 e. The van der Waals surface area contributed by atoms with E-state index < -0.39 is 0 Å². The molecule has 1 aromatic heterocycles. The molecule has 0 spiro atoms. The van der Waals surface area contributed by atoms with Crippen molar-refractivity contribution >= 4 is 16.7 Å². The number of benzene rings is 1. The maximum Gasteiger partial charge on any atom is 0.140 e. The summed E-state index contributed by atoms with van der Waals surface area (Å²) in [5.74, 6) is 0.974. The highest BCUT2D eigenvalue weighted by Crippen LogP contribution is 2.23. The van der Waals surface area contributed by atoms with Gasteiger partial charge in [-0.3, -0.25) is 0 Å². The number of rotatable bonds is 2. The molecule has 94 valence electrons. The Morgan fingerprint density at radius 2 is 2.22 bits per heavy atom. The van der Waals surface area contributed by atoms with E-state index in [0.717, 1.165) is 29.8 Å². The molecule has 1 fully saturated rings. The normalized spacial score (nSPS) is 20.3. The van der Waals surface area contributed by atoms with Crippen molar-refractivity contribution in [3.05, 3.63) is 30.6 Å². The van der Waals surface area contributed by atoms with Gasteiger partial charge in [0.2, 0.25) is 0 Å². The molecule has 1 aromatic carbocycles. The van der Waals surface area contributed by atoms with Gasteiger partial charge in [0.1, 0.15) is 12.1 Å². The fourth-order valence-electron chi connectivity index (χ4n) is 2.30. The van der Waals surface area contributed by atoms with Gasteiger partial charge in [0.25, 0.3) is 0 Å². The molecule has 2 aromatic rings. The maximum absolute atomic E-state index is 5.67. The van der Waals surface area contributed by atoms with Crippen LogP contribution in [0, 0.1) is 0 Å². The lowest BCUT2D eigenvalue weighted by molar-refractivity contribution is 0.0464. The number of aromatic nitrogens is 2. The molecule has 2 heterocycles. The van der Waals surface area contributed by atoms with E-state index in [1.165, 1.54) is 0 Å². The number of morpholine rings is 1. The third kappa shape index (κ3) is 2.02. The molecule has 0 bridgehead atoms. The second kappa shape index (κ2) is 4.88. The fraction of sp³-hybridized carbons (Fsp3) is 0.385. The van der Waals surface area contributed by atoms with Crippen LogP contribution < -0.4 is 10.6 Å². The zero-order chi connectivity index (χ0) is 12.4. The van der Waals surface area contributed by atoms with Gasteiger partial charge in [-0.1, -0.05) is 12.1 Å². The molecule has 0 saturated carbocycles. The fourth-order valence-corrected chi connectivity index (χ4v) is 2.30. The highest BCUT2D eigenvalue weighted by atomic mass is 16.5. The van der Waals surface area contributed by atoms with Crippen molar-refractivity contribution in [2.24, 2.45) is 5.73 Å². The van der Waals surface area contributed by atoms with Gasteiger partial charge in [-0.25, -0.2) is 9.97 Å². The lowest BCUT2D eigenvalue weighted by atomic mass is 10.2. The van der Waals surface area contributed by atoms with Crippen molar-refractivity contribution in [3.8, 4) is 0 Å². The molecule has 0 amide bonds. The molecular weight excluding hydrogens is 228 g/mol. The van der Waals surface area contributed by atoms with Crippen molar-refractivity contribution in [1.82, 2.24) is 9.97 Å². The first-order chi connectivity index (χ1) is 8.88. The van der Waals surface area contributed by atoms with E-state index in [-0.39, 0.29) is 6.10 Å². The Balaban J connectivity index is 1.98. The Hall–Kier alpha value is -1.72. The van der Waals surface area contributed by atoms with E-state index >= 15 is 0 Å². The minimum atomic E-state index is 0.0903. The number of fused-ring (bicyclic) bond motifs is 1. The second-order valence-electron chi connectivity index (χ2n) is 4.39. The molecular formula is C13H16N4O. The zero-order valence-electron chi connectivity index (χ0n) is 10.1. The molecule has 1 aliphatic rings.